The van der Waals surface area contributed by atoms with E-state index < -0.39 is 11.5 Å². The summed E-state index contributed by atoms with van der Waals surface area (Å²) in [6, 6.07) is 3.74. The topological polar surface area (TPSA) is 93.8 Å². The van der Waals surface area contributed by atoms with E-state index in [2.05, 4.69) is 20.5 Å². The number of tetrazole rings is 1. The molecule has 2 aromatic heterocycles. The first kappa shape index (κ1) is 14.1. The van der Waals surface area contributed by atoms with Crippen molar-refractivity contribution in [2.75, 3.05) is 0 Å². The number of hydrogen-bond donors (Lipinski definition) is 1. The largest absolute Gasteiger partial charge is 0.479 e. The van der Waals surface area contributed by atoms with Crippen molar-refractivity contribution >= 4 is 5.97 Å². The highest BCUT2D eigenvalue weighted by Gasteiger charge is 2.40. The molecule has 2 heterocycles. The van der Waals surface area contributed by atoms with E-state index >= 15 is 0 Å². The SMILES string of the molecule is CCC(CC)(C(=O)O)n1nnnc1Cc1cccnc1. The molecule has 7 nitrogen and oxygen atoms in total. The number of aromatic nitrogens is 5. The third-order valence-electron chi connectivity index (χ3n) is 3.59. The van der Waals surface area contributed by atoms with Crippen LogP contribution in [0.5, 0.6) is 0 Å². The van der Waals surface area contributed by atoms with Crippen LogP contribution in [0.15, 0.2) is 24.5 Å². The number of pyridine rings is 1. The molecule has 0 fully saturated rings. The summed E-state index contributed by atoms with van der Waals surface area (Å²) >= 11 is 0. The van der Waals surface area contributed by atoms with Crippen LogP contribution in [-0.2, 0) is 16.8 Å². The molecule has 0 amide bonds. The van der Waals surface area contributed by atoms with Gasteiger partial charge in [-0.25, -0.2) is 9.48 Å². The Balaban J connectivity index is 2.39. The van der Waals surface area contributed by atoms with Crippen LogP contribution in [0.2, 0.25) is 0 Å². The zero-order chi connectivity index (χ0) is 14.6. The number of carbonyl (C=O) groups is 1. The Morgan fingerprint density at radius 3 is 2.70 bits per heavy atom. The monoisotopic (exact) mass is 275 g/mol. The van der Waals surface area contributed by atoms with Crippen LogP contribution >= 0.6 is 0 Å². The maximum atomic E-state index is 11.7. The summed E-state index contributed by atoms with van der Waals surface area (Å²) in [5.74, 6) is -0.383. The van der Waals surface area contributed by atoms with Gasteiger partial charge in [-0.05, 0) is 34.9 Å². The van der Waals surface area contributed by atoms with Gasteiger partial charge in [0.15, 0.2) is 11.4 Å². The van der Waals surface area contributed by atoms with Gasteiger partial charge in [0.25, 0.3) is 0 Å². The lowest BCUT2D eigenvalue weighted by molar-refractivity contribution is -0.148. The summed E-state index contributed by atoms with van der Waals surface area (Å²) < 4.78 is 1.43. The highest BCUT2D eigenvalue weighted by molar-refractivity contribution is 5.76. The maximum Gasteiger partial charge on any atom is 0.331 e. The second-order valence-electron chi connectivity index (χ2n) is 4.59. The molecule has 0 saturated heterocycles. The van der Waals surface area contributed by atoms with Gasteiger partial charge >= 0.3 is 5.97 Å². The number of carboxylic acid groups (broad SMARTS) is 1. The molecule has 0 bridgehead atoms. The van der Waals surface area contributed by atoms with Gasteiger partial charge in [-0.2, -0.15) is 0 Å². The van der Waals surface area contributed by atoms with Gasteiger partial charge < -0.3 is 5.11 Å². The lowest BCUT2D eigenvalue weighted by Crippen LogP contribution is -2.42. The molecule has 0 atom stereocenters. The highest BCUT2D eigenvalue weighted by Crippen LogP contribution is 2.26. The molecule has 7 heteroatoms. The van der Waals surface area contributed by atoms with Crippen LogP contribution in [0.1, 0.15) is 38.1 Å². The second kappa shape index (κ2) is 5.77. The van der Waals surface area contributed by atoms with Crippen LogP contribution in [-0.4, -0.2) is 36.3 Å². The van der Waals surface area contributed by atoms with Crippen LogP contribution in [0.25, 0.3) is 0 Å². The Kier molecular flexibility index (Phi) is 4.07. The van der Waals surface area contributed by atoms with E-state index in [-0.39, 0.29) is 0 Å². The number of aliphatic carboxylic acids is 1. The van der Waals surface area contributed by atoms with E-state index in [1.807, 2.05) is 26.0 Å². The van der Waals surface area contributed by atoms with Gasteiger partial charge in [-0.1, -0.05) is 19.9 Å². The smallest absolute Gasteiger partial charge is 0.331 e. The Morgan fingerprint density at radius 2 is 2.15 bits per heavy atom. The molecule has 0 spiro atoms. The van der Waals surface area contributed by atoms with Crippen LogP contribution in [0.3, 0.4) is 0 Å². The Hall–Kier alpha value is -2.31. The molecule has 1 N–H and O–H groups in total. The molecule has 0 aromatic carbocycles. The minimum Gasteiger partial charge on any atom is -0.479 e. The minimum absolute atomic E-state index is 0.421. The Morgan fingerprint density at radius 1 is 1.40 bits per heavy atom. The molecule has 106 valence electrons. The lowest BCUT2D eigenvalue weighted by Gasteiger charge is -2.27. The predicted molar refractivity (Wildman–Crippen MR) is 71.1 cm³/mol. The average molecular weight is 275 g/mol. The van der Waals surface area contributed by atoms with Crippen molar-refractivity contribution in [3.8, 4) is 0 Å². The fraction of sp³-hybridized carbons (Fsp3) is 0.462. The standard InChI is InChI=1S/C13H17N5O2/c1-3-13(4-2,12(19)20)18-11(15-16-17-18)8-10-6-5-7-14-9-10/h5-7,9H,3-4,8H2,1-2H3,(H,19,20). The van der Waals surface area contributed by atoms with Crippen molar-refractivity contribution in [2.45, 2.75) is 38.6 Å². The summed E-state index contributed by atoms with van der Waals surface area (Å²) in [4.78, 5) is 15.7. The zero-order valence-corrected chi connectivity index (χ0v) is 11.5. The van der Waals surface area contributed by atoms with Crippen molar-refractivity contribution in [1.82, 2.24) is 25.2 Å². The molecular formula is C13H17N5O2. The first-order valence-corrected chi connectivity index (χ1v) is 6.54. The summed E-state index contributed by atoms with van der Waals surface area (Å²) in [5, 5.41) is 21.1. The van der Waals surface area contributed by atoms with Gasteiger partial charge in [-0.3, -0.25) is 4.98 Å². The van der Waals surface area contributed by atoms with Gasteiger partial charge in [0.05, 0.1) is 0 Å². The van der Waals surface area contributed by atoms with E-state index in [9.17, 15) is 9.90 Å². The van der Waals surface area contributed by atoms with E-state index in [0.717, 1.165) is 5.56 Å². The van der Waals surface area contributed by atoms with Crippen molar-refractivity contribution in [3.63, 3.8) is 0 Å². The molecule has 0 aliphatic rings. The van der Waals surface area contributed by atoms with Crippen molar-refractivity contribution < 1.29 is 9.90 Å². The summed E-state index contributed by atoms with van der Waals surface area (Å²) in [5.41, 5.74) is -0.156. The van der Waals surface area contributed by atoms with Crippen molar-refractivity contribution in [3.05, 3.63) is 35.9 Å². The van der Waals surface area contributed by atoms with Gasteiger partial charge in [-0.15, -0.1) is 5.10 Å². The second-order valence-corrected chi connectivity index (χ2v) is 4.59. The van der Waals surface area contributed by atoms with Gasteiger partial charge in [0.2, 0.25) is 0 Å². The molecule has 0 aliphatic heterocycles. The molecule has 20 heavy (non-hydrogen) atoms. The summed E-state index contributed by atoms with van der Waals surface area (Å²) in [6.45, 7) is 3.65. The minimum atomic E-state index is -1.10. The Bertz CT molecular complexity index is 577. The Labute approximate surface area is 116 Å². The number of carboxylic acids is 1. The van der Waals surface area contributed by atoms with Crippen LogP contribution in [0, 0.1) is 0 Å². The number of hydrogen-bond acceptors (Lipinski definition) is 5. The highest BCUT2D eigenvalue weighted by atomic mass is 16.4. The molecule has 2 aromatic rings. The quantitative estimate of drug-likeness (QED) is 0.853. The summed E-state index contributed by atoms with van der Waals surface area (Å²) in [7, 11) is 0. The zero-order valence-electron chi connectivity index (χ0n) is 11.5. The van der Waals surface area contributed by atoms with Gasteiger partial charge in [0.1, 0.15) is 0 Å². The molecule has 2 rings (SSSR count). The first-order valence-electron chi connectivity index (χ1n) is 6.54. The molecule has 0 saturated carbocycles. The molecule has 0 unspecified atom stereocenters. The van der Waals surface area contributed by atoms with Crippen LogP contribution < -0.4 is 0 Å². The fourth-order valence-corrected chi connectivity index (χ4v) is 2.28. The lowest BCUT2D eigenvalue weighted by atomic mass is 9.93. The first-order chi connectivity index (χ1) is 9.64. The van der Waals surface area contributed by atoms with Crippen LogP contribution in [0.4, 0.5) is 0 Å². The third kappa shape index (κ3) is 2.38. The van der Waals surface area contributed by atoms with Crippen molar-refractivity contribution in [2.24, 2.45) is 0 Å². The summed E-state index contributed by atoms with van der Waals surface area (Å²) in [6.07, 6.45) is 4.70. The normalized spacial score (nSPS) is 11.5. The molecule has 0 radical (unpaired) electrons. The molecule has 0 aliphatic carbocycles. The van der Waals surface area contributed by atoms with E-state index in [4.69, 9.17) is 0 Å². The fourth-order valence-electron chi connectivity index (χ4n) is 2.28. The number of nitrogens with zero attached hydrogens (tertiary/aromatic N) is 5. The van der Waals surface area contributed by atoms with E-state index in [0.29, 0.717) is 25.1 Å². The van der Waals surface area contributed by atoms with Crippen molar-refractivity contribution in [1.29, 1.82) is 0 Å². The average Bonchev–Trinajstić information content (AvgIpc) is 2.90. The van der Waals surface area contributed by atoms with Gasteiger partial charge in [0, 0.05) is 18.8 Å². The third-order valence-corrected chi connectivity index (χ3v) is 3.59. The maximum absolute atomic E-state index is 11.7. The molecular weight excluding hydrogens is 258 g/mol. The van der Waals surface area contributed by atoms with E-state index in [1.165, 1.54) is 4.68 Å². The van der Waals surface area contributed by atoms with E-state index in [1.54, 1.807) is 12.4 Å². The predicted octanol–water partition coefficient (Wildman–Crippen LogP) is 1.26. The number of rotatable bonds is 6.